The summed E-state index contributed by atoms with van der Waals surface area (Å²) in [5, 5.41) is 0. The number of hydrogen-bond donors (Lipinski definition) is 0. The zero-order chi connectivity index (χ0) is 9.12. The van der Waals surface area contributed by atoms with E-state index in [9.17, 15) is 0 Å². The minimum absolute atomic E-state index is 0.0699. The molecule has 0 fully saturated rings. The fraction of sp³-hybridized carbons (Fsp3) is 1.00. The standard InChI is InChI=1S/C5H6Cl6/c6-2-1-4(7,8)3-5(9,10)11/h1-3H2. The summed E-state index contributed by atoms with van der Waals surface area (Å²) in [5.41, 5.74) is 0. The lowest BCUT2D eigenvalue weighted by molar-refractivity contribution is 0.686. The third-order valence-electron chi connectivity index (χ3n) is 0.919. The van der Waals surface area contributed by atoms with Crippen LogP contribution in [0.4, 0.5) is 0 Å². The number of halogens is 6. The van der Waals surface area contributed by atoms with Gasteiger partial charge in [-0.3, -0.25) is 0 Å². The molecule has 0 aliphatic carbocycles. The maximum Gasteiger partial charge on any atom is 0.193 e. The highest BCUT2D eigenvalue weighted by Crippen LogP contribution is 2.42. The maximum atomic E-state index is 5.75. The molecular formula is C5H6Cl6. The molecule has 0 unspecified atom stereocenters. The predicted octanol–water partition coefficient (Wildman–Crippen LogP) is 4.55. The second kappa shape index (κ2) is 4.83. The van der Waals surface area contributed by atoms with E-state index in [0.29, 0.717) is 12.3 Å². The van der Waals surface area contributed by atoms with E-state index < -0.39 is 8.13 Å². The van der Waals surface area contributed by atoms with E-state index in [1.807, 2.05) is 0 Å². The molecule has 0 N–H and O–H groups in total. The summed E-state index contributed by atoms with van der Waals surface area (Å²) in [5.74, 6) is 0.341. The van der Waals surface area contributed by atoms with Gasteiger partial charge in [-0.25, -0.2) is 0 Å². The number of rotatable bonds is 3. The summed E-state index contributed by atoms with van der Waals surface area (Å²) in [6.07, 6.45) is 0.464. The summed E-state index contributed by atoms with van der Waals surface area (Å²) in [7, 11) is 0. The molecule has 0 rings (SSSR count). The maximum absolute atomic E-state index is 5.75. The van der Waals surface area contributed by atoms with E-state index in [1.54, 1.807) is 0 Å². The SMILES string of the molecule is ClCCC(Cl)(Cl)CC(Cl)(Cl)Cl. The monoisotopic (exact) mass is 276 g/mol. The molecule has 0 spiro atoms. The Bertz CT molecular complexity index is 115. The van der Waals surface area contributed by atoms with Crippen LogP contribution >= 0.6 is 69.6 Å². The highest BCUT2D eigenvalue weighted by molar-refractivity contribution is 6.68. The lowest BCUT2D eigenvalue weighted by Crippen LogP contribution is -2.21. The van der Waals surface area contributed by atoms with Crippen LogP contribution in [0.1, 0.15) is 12.8 Å². The molecule has 0 bridgehead atoms. The third-order valence-corrected chi connectivity index (χ3v) is 2.15. The van der Waals surface area contributed by atoms with Crippen LogP contribution in [0.3, 0.4) is 0 Å². The Morgan fingerprint density at radius 3 is 1.64 bits per heavy atom. The summed E-state index contributed by atoms with van der Waals surface area (Å²) >= 11 is 33.3. The van der Waals surface area contributed by atoms with Gasteiger partial charge in [0.1, 0.15) is 4.33 Å². The van der Waals surface area contributed by atoms with Crippen molar-refractivity contribution in [2.45, 2.75) is 21.0 Å². The molecule has 0 aliphatic rings. The molecular weight excluding hydrogens is 273 g/mol. The van der Waals surface area contributed by atoms with Gasteiger partial charge < -0.3 is 0 Å². The highest BCUT2D eigenvalue weighted by Gasteiger charge is 2.34. The van der Waals surface area contributed by atoms with Gasteiger partial charge in [-0.2, -0.15) is 0 Å². The van der Waals surface area contributed by atoms with Crippen LogP contribution < -0.4 is 0 Å². The van der Waals surface area contributed by atoms with Crippen LogP contribution in [-0.2, 0) is 0 Å². The number of alkyl halides is 6. The molecule has 6 heteroatoms. The van der Waals surface area contributed by atoms with Crippen LogP contribution in [0.25, 0.3) is 0 Å². The van der Waals surface area contributed by atoms with E-state index in [0.717, 1.165) is 0 Å². The van der Waals surface area contributed by atoms with E-state index in [1.165, 1.54) is 0 Å². The summed E-state index contributed by atoms with van der Waals surface area (Å²) < 4.78 is -2.47. The Labute approximate surface area is 96.0 Å². The van der Waals surface area contributed by atoms with Gasteiger partial charge in [0.2, 0.25) is 0 Å². The first-order valence-electron chi connectivity index (χ1n) is 2.77. The molecule has 0 amide bonds. The first kappa shape index (κ1) is 12.7. The van der Waals surface area contributed by atoms with Crippen LogP contribution in [0.5, 0.6) is 0 Å². The van der Waals surface area contributed by atoms with Gasteiger partial charge >= 0.3 is 0 Å². The first-order chi connectivity index (χ1) is 4.77. The zero-order valence-electron chi connectivity index (χ0n) is 5.39. The van der Waals surface area contributed by atoms with Gasteiger partial charge in [-0.1, -0.05) is 34.8 Å². The van der Waals surface area contributed by atoms with Crippen LogP contribution in [-0.4, -0.2) is 14.0 Å². The van der Waals surface area contributed by atoms with Crippen LogP contribution in [0.2, 0.25) is 0 Å². The molecule has 0 aliphatic heterocycles. The second-order valence-electron chi connectivity index (χ2n) is 2.09. The van der Waals surface area contributed by atoms with E-state index in [4.69, 9.17) is 69.6 Å². The zero-order valence-corrected chi connectivity index (χ0v) is 9.92. The van der Waals surface area contributed by atoms with Gasteiger partial charge in [-0.15, -0.1) is 34.8 Å². The average molecular weight is 279 g/mol. The Kier molecular flexibility index (Phi) is 5.60. The molecule has 0 heterocycles. The van der Waals surface area contributed by atoms with Gasteiger partial charge in [0.15, 0.2) is 3.79 Å². The molecule has 0 saturated carbocycles. The largest absolute Gasteiger partial charge is 0.193 e. The Morgan fingerprint density at radius 1 is 0.909 bits per heavy atom. The lowest BCUT2D eigenvalue weighted by Gasteiger charge is -2.22. The van der Waals surface area contributed by atoms with E-state index in [-0.39, 0.29) is 6.42 Å². The van der Waals surface area contributed by atoms with Crippen molar-refractivity contribution in [2.75, 3.05) is 5.88 Å². The fourth-order valence-electron chi connectivity index (χ4n) is 0.520. The van der Waals surface area contributed by atoms with Crippen molar-refractivity contribution in [3.8, 4) is 0 Å². The van der Waals surface area contributed by atoms with E-state index in [2.05, 4.69) is 0 Å². The fourth-order valence-corrected chi connectivity index (χ4v) is 2.72. The molecule has 0 atom stereocenters. The number of hydrogen-bond acceptors (Lipinski definition) is 0. The summed E-state index contributed by atoms with van der Waals surface area (Å²) in [6, 6.07) is 0. The average Bonchev–Trinajstić information content (AvgIpc) is 1.55. The highest BCUT2D eigenvalue weighted by atomic mass is 35.6. The molecule has 0 saturated heterocycles. The van der Waals surface area contributed by atoms with Gasteiger partial charge in [0.25, 0.3) is 0 Å². The molecule has 0 aromatic carbocycles. The van der Waals surface area contributed by atoms with Crippen molar-refractivity contribution in [3.05, 3.63) is 0 Å². The molecule has 68 valence electrons. The second-order valence-corrected chi connectivity index (χ2v) is 6.62. The topological polar surface area (TPSA) is 0 Å². The van der Waals surface area contributed by atoms with Crippen molar-refractivity contribution < 1.29 is 0 Å². The molecule has 0 aromatic heterocycles. The van der Waals surface area contributed by atoms with Crippen molar-refractivity contribution in [1.82, 2.24) is 0 Å². The quantitative estimate of drug-likeness (QED) is 0.665. The predicted molar refractivity (Wildman–Crippen MR) is 54.7 cm³/mol. The minimum Gasteiger partial charge on any atom is -0.127 e. The summed E-state index contributed by atoms with van der Waals surface area (Å²) in [6.45, 7) is 0. The minimum atomic E-state index is -1.42. The molecule has 0 radical (unpaired) electrons. The van der Waals surface area contributed by atoms with E-state index >= 15 is 0 Å². The molecule has 0 aromatic rings. The van der Waals surface area contributed by atoms with Crippen molar-refractivity contribution in [3.63, 3.8) is 0 Å². The van der Waals surface area contributed by atoms with Crippen molar-refractivity contribution >= 4 is 69.6 Å². The van der Waals surface area contributed by atoms with Crippen molar-refractivity contribution in [1.29, 1.82) is 0 Å². The lowest BCUT2D eigenvalue weighted by atomic mass is 10.2. The Morgan fingerprint density at radius 2 is 1.36 bits per heavy atom. The van der Waals surface area contributed by atoms with Crippen molar-refractivity contribution in [2.24, 2.45) is 0 Å². The van der Waals surface area contributed by atoms with Gasteiger partial charge in [-0.05, 0) is 6.42 Å². The molecule has 11 heavy (non-hydrogen) atoms. The van der Waals surface area contributed by atoms with Crippen LogP contribution in [0.15, 0.2) is 0 Å². The normalized spacial score (nSPS) is 13.6. The Balaban J connectivity index is 3.91. The summed E-state index contributed by atoms with van der Waals surface area (Å²) in [4.78, 5) is 0. The first-order valence-corrected chi connectivity index (χ1v) is 5.20. The molecule has 0 nitrogen and oxygen atoms in total. The Hall–Kier alpha value is 1.74. The van der Waals surface area contributed by atoms with Crippen LogP contribution in [0, 0.1) is 0 Å². The van der Waals surface area contributed by atoms with Gasteiger partial charge in [0.05, 0.1) is 0 Å². The van der Waals surface area contributed by atoms with Gasteiger partial charge in [0, 0.05) is 12.3 Å². The smallest absolute Gasteiger partial charge is 0.127 e. The third kappa shape index (κ3) is 8.08.